The third-order valence-corrected chi connectivity index (χ3v) is 4.37. The van der Waals surface area contributed by atoms with Gasteiger partial charge in [-0.05, 0) is 44.3 Å². The highest BCUT2D eigenvalue weighted by atomic mass is 32.1. The van der Waals surface area contributed by atoms with Crippen LogP contribution in [-0.2, 0) is 18.3 Å². The quantitative estimate of drug-likeness (QED) is 0.717. The van der Waals surface area contributed by atoms with Crippen LogP contribution in [0.1, 0.15) is 17.0 Å². The molecule has 3 rings (SSSR count). The second kappa shape index (κ2) is 6.45. The summed E-state index contributed by atoms with van der Waals surface area (Å²) in [6.45, 7) is 3.89. The highest BCUT2D eigenvalue weighted by molar-refractivity contribution is 7.71. The van der Waals surface area contributed by atoms with Crippen molar-refractivity contribution in [3.8, 4) is 5.69 Å². The number of nitrogens with one attached hydrogen (secondary N) is 2. The zero-order chi connectivity index (χ0) is 17.3. The molecule has 0 bridgehead atoms. The molecule has 0 saturated heterocycles. The number of carbonyl (C=O) groups excluding carboxylic acids is 1. The first kappa shape index (κ1) is 16.2. The molecule has 124 valence electrons. The summed E-state index contributed by atoms with van der Waals surface area (Å²) in [7, 11) is 1.88. The molecule has 0 aliphatic rings. The molecular weight excluding hydrogens is 322 g/mol. The Bertz CT molecular complexity index is 950. The molecule has 0 aliphatic carbocycles. The Hall–Kier alpha value is -2.67. The van der Waals surface area contributed by atoms with E-state index in [1.54, 1.807) is 10.9 Å². The van der Waals surface area contributed by atoms with E-state index in [2.05, 4.69) is 15.4 Å². The largest absolute Gasteiger partial charge is 0.337 e. The number of carbonyl (C=O) groups is 1. The Labute approximate surface area is 145 Å². The third kappa shape index (κ3) is 3.16. The van der Waals surface area contributed by atoms with Gasteiger partial charge in [0.25, 0.3) is 0 Å². The SMILES string of the molecule is Cc1nn(C)c(C)c1CC(=O)Nc1cccc(-n2cc[nH]c2=S)c1. The molecule has 0 atom stereocenters. The lowest BCUT2D eigenvalue weighted by atomic mass is 10.1. The van der Waals surface area contributed by atoms with E-state index in [1.807, 2.05) is 55.9 Å². The molecule has 2 aromatic heterocycles. The summed E-state index contributed by atoms with van der Waals surface area (Å²) in [6, 6.07) is 7.58. The lowest BCUT2D eigenvalue weighted by Crippen LogP contribution is -2.15. The number of amides is 1. The summed E-state index contributed by atoms with van der Waals surface area (Å²) in [5.41, 5.74) is 4.50. The minimum absolute atomic E-state index is 0.0657. The average Bonchev–Trinajstić information content (AvgIpc) is 3.06. The summed E-state index contributed by atoms with van der Waals surface area (Å²) >= 11 is 5.23. The summed E-state index contributed by atoms with van der Waals surface area (Å²) in [5.74, 6) is -0.0657. The van der Waals surface area contributed by atoms with Crippen molar-refractivity contribution in [3.63, 3.8) is 0 Å². The molecule has 0 aliphatic heterocycles. The van der Waals surface area contributed by atoms with E-state index in [4.69, 9.17) is 12.2 Å². The molecule has 1 amide bonds. The van der Waals surface area contributed by atoms with Crippen LogP contribution in [0.25, 0.3) is 5.69 Å². The van der Waals surface area contributed by atoms with Crippen molar-refractivity contribution in [1.82, 2.24) is 19.3 Å². The number of benzene rings is 1. The molecule has 1 aromatic carbocycles. The van der Waals surface area contributed by atoms with Crippen LogP contribution in [0.3, 0.4) is 0 Å². The lowest BCUT2D eigenvalue weighted by molar-refractivity contribution is -0.115. The van der Waals surface area contributed by atoms with Gasteiger partial charge < -0.3 is 10.3 Å². The number of rotatable bonds is 4. The molecule has 2 N–H and O–H groups in total. The van der Waals surface area contributed by atoms with E-state index in [9.17, 15) is 4.79 Å². The van der Waals surface area contributed by atoms with Crippen molar-refractivity contribution in [2.75, 3.05) is 5.32 Å². The van der Waals surface area contributed by atoms with Gasteiger partial charge in [-0.3, -0.25) is 14.0 Å². The van der Waals surface area contributed by atoms with Gasteiger partial charge in [-0.15, -0.1) is 0 Å². The highest BCUT2D eigenvalue weighted by Crippen LogP contribution is 2.17. The van der Waals surface area contributed by atoms with Crippen LogP contribution in [0.5, 0.6) is 0 Å². The van der Waals surface area contributed by atoms with Gasteiger partial charge in [0.05, 0.1) is 12.1 Å². The summed E-state index contributed by atoms with van der Waals surface area (Å²) in [5, 5.41) is 7.29. The van der Waals surface area contributed by atoms with Crippen molar-refractivity contribution in [3.05, 3.63) is 58.4 Å². The molecule has 6 nitrogen and oxygen atoms in total. The van der Waals surface area contributed by atoms with Crippen molar-refractivity contribution in [2.45, 2.75) is 20.3 Å². The Morgan fingerprint density at radius 1 is 1.38 bits per heavy atom. The number of aromatic amines is 1. The van der Waals surface area contributed by atoms with Crippen LogP contribution in [0.4, 0.5) is 5.69 Å². The van der Waals surface area contributed by atoms with E-state index < -0.39 is 0 Å². The molecule has 0 radical (unpaired) electrons. The maximum atomic E-state index is 12.4. The van der Waals surface area contributed by atoms with E-state index in [-0.39, 0.29) is 5.91 Å². The minimum Gasteiger partial charge on any atom is -0.337 e. The van der Waals surface area contributed by atoms with Crippen LogP contribution in [0.2, 0.25) is 0 Å². The average molecular weight is 341 g/mol. The van der Waals surface area contributed by atoms with Crippen molar-refractivity contribution >= 4 is 23.8 Å². The van der Waals surface area contributed by atoms with E-state index in [0.29, 0.717) is 11.2 Å². The van der Waals surface area contributed by atoms with Crippen LogP contribution in [0.15, 0.2) is 36.7 Å². The molecule has 0 saturated carbocycles. The Morgan fingerprint density at radius 2 is 2.17 bits per heavy atom. The molecule has 7 heteroatoms. The van der Waals surface area contributed by atoms with Crippen LogP contribution >= 0.6 is 12.2 Å². The van der Waals surface area contributed by atoms with Gasteiger partial charge in [0.1, 0.15) is 0 Å². The smallest absolute Gasteiger partial charge is 0.228 e. The number of H-pyrrole nitrogens is 1. The Kier molecular flexibility index (Phi) is 4.35. The fourth-order valence-electron chi connectivity index (χ4n) is 2.70. The number of aryl methyl sites for hydroxylation is 2. The molecule has 0 fully saturated rings. The van der Waals surface area contributed by atoms with E-state index in [0.717, 1.165) is 28.3 Å². The second-order valence-electron chi connectivity index (χ2n) is 5.68. The fourth-order valence-corrected chi connectivity index (χ4v) is 2.93. The Morgan fingerprint density at radius 3 is 2.79 bits per heavy atom. The van der Waals surface area contributed by atoms with Crippen LogP contribution in [-0.4, -0.2) is 25.2 Å². The van der Waals surface area contributed by atoms with Crippen LogP contribution < -0.4 is 5.32 Å². The predicted molar refractivity (Wildman–Crippen MR) is 96.0 cm³/mol. The topological polar surface area (TPSA) is 67.6 Å². The third-order valence-electron chi connectivity index (χ3n) is 4.05. The zero-order valence-electron chi connectivity index (χ0n) is 13.8. The second-order valence-corrected chi connectivity index (χ2v) is 6.07. The fraction of sp³-hybridized carbons (Fsp3) is 0.235. The molecular formula is C17H19N5OS. The molecule has 24 heavy (non-hydrogen) atoms. The molecule has 0 spiro atoms. The standard InChI is InChI=1S/C17H19N5OS/c1-11-15(12(2)21(3)20-11)10-16(23)19-13-5-4-6-14(9-13)22-8-7-18-17(22)24/h4-9H,10H2,1-3H3,(H,18,24)(H,19,23). The number of aromatic nitrogens is 4. The minimum atomic E-state index is -0.0657. The predicted octanol–water partition coefficient (Wildman–Crippen LogP) is 3.07. The highest BCUT2D eigenvalue weighted by Gasteiger charge is 2.13. The number of anilines is 1. The van der Waals surface area contributed by atoms with Crippen molar-refractivity contribution < 1.29 is 4.79 Å². The maximum absolute atomic E-state index is 12.4. The normalized spacial score (nSPS) is 10.8. The lowest BCUT2D eigenvalue weighted by Gasteiger charge is -2.08. The Balaban J connectivity index is 1.78. The number of nitrogens with zero attached hydrogens (tertiary/aromatic N) is 3. The first-order valence-electron chi connectivity index (χ1n) is 7.61. The monoisotopic (exact) mass is 341 g/mol. The zero-order valence-corrected chi connectivity index (χ0v) is 14.6. The van der Waals surface area contributed by atoms with Gasteiger partial charge in [0.15, 0.2) is 4.77 Å². The van der Waals surface area contributed by atoms with E-state index in [1.165, 1.54) is 0 Å². The van der Waals surface area contributed by atoms with Gasteiger partial charge in [-0.1, -0.05) is 6.07 Å². The summed E-state index contributed by atoms with van der Waals surface area (Å²) in [6.07, 6.45) is 3.94. The first-order chi connectivity index (χ1) is 11.5. The summed E-state index contributed by atoms with van der Waals surface area (Å²) in [4.78, 5) is 15.3. The van der Waals surface area contributed by atoms with Crippen molar-refractivity contribution in [1.29, 1.82) is 0 Å². The number of imidazole rings is 1. The van der Waals surface area contributed by atoms with Gasteiger partial charge in [0.2, 0.25) is 5.91 Å². The number of hydrogen-bond acceptors (Lipinski definition) is 3. The summed E-state index contributed by atoms with van der Waals surface area (Å²) < 4.78 is 4.26. The van der Waals surface area contributed by atoms with E-state index >= 15 is 0 Å². The van der Waals surface area contributed by atoms with Gasteiger partial charge in [0, 0.05) is 42.1 Å². The molecule has 3 aromatic rings. The van der Waals surface area contributed by atoms with Gasteiger partial charge >= 0.3 is 0 Å². The molecule has 0 unspecified atom stereocenters. The first-order valence-corrected chi connectivity index (χ1v) is 8.02. The maximum Gasteiger partial charge on any atom is 0.228 e. The van der Waals surface area contributed by atoms with Crippen molar-refractivity contribution in [2.24, 2.45) is 7.05 Å². The van der Waals surface area contributed by atoms with Gasteiger partial charge in [-0.2, -0.15) is 5.10 Å². The molecule has 2 heterocycles. The number of hydrogen-bond donors (Lipinski definition) is 2. The van der Waals surface area contributed by atoms with Gasteiger partial charge in [-0.25, -0.2) is 0 Å². The van der Waals surface area contributed by atoms with Crippen LogP contribution in [0, 0.1) is 18.6 Å².